The van der Waals surface area contributed by atoms with E-state index in [4.69, 9.17) is 21.1 Å². The Bertz CT molecular complexity index is 963. The predicted molar refractivity (Wildman–Crippen MR) is 138 cm³/mol. The summed E-state index contributed by atoms with van der Waals surface area (Å²) in [7, 11) is 0. The van der Waals surface area contributed by atoms with Crippen molar-refractivity contribution in [1.29, 1.82) is 0 Å². The van der Waals surface area contributed by atoms with Crippen molar-refractivity contribution < 1.29 is 19.1 Å². The number of ether oxygens (including phenoxy) is 2. The highest BCUT2D eigenvalue weighted by molar-refractivity contribution is 6.30. The van der Waals surface area contributed by atoms with Crippen molar-refractivity contribution in [2.24, 2.45) is 5.92 Å². The zero-order chi connectivity index (χ0) is 24.6. The SMILES string of the molecule is CC(NC(=O)c1ccc(Cl)cc1)c1ccc(OC(C(=O)OC2CCCCC2)C2CCCCC2)cc1. The van der Waals surface area contributed by atoms with Gasteiger partial charge in [0.15, 0.2) is 6.10 Å². The van der Waals surface area contributed by atoms with Crippen LogP contribution in [0.25, 0.3) is 0 Å². The normalized spacial score (nSPS) is 18.9. The molecule has 2 aliphatic carbocycles. The summed E-state index contributed by atoms with van der Waals surface area (Å²) in [5.74, 6) is 0.479. The largest absolute Gasteiger partial charge is 0.478 e. The maximum Gasteiger partial charge on any atom is 0.347 e. The first-order chi connectivity index (χ1) is 17.0. The lowest BCUT2D eigenvalue weighted by molar-refractivity contribution is -0.162. The number of carbonyl (C=O) groups is 2. The maximum atomic E-state index is 13.2. The molecule has 2 aliphatic rings. The van der Waals surface area contributed by atoms with Gasteiger partial charge >= 0.3 is 5.97 Å². The third kappa shape index (κ3) is 7.23. The molecule has 0 aromatic heterocycles. The van der Waals surface area contributed by atoms with Gasteiger partial charge in [-0.15, -0.1) is 0 Å². The van der Waals surface area contributed by atoms with E-state index in [1.54, 1.807) is 24.3 Å². The van der Waals surface area contributed by atoms with E-state index in [-0.39, 0.29) is 29.9 Å². The van der Waals surface area contributed by atoms with Crippen LogP contribution in [0.4, 0.5) is 0 Å². The Labute approximate surface area is 213 Å². The number of amides is 1. The molecule has 2 unspecified atom stereocenters. The van der Waals surface area contributed by atoms with Crippen molar-refractivity contribution in [2.75, 3.05) is 0 Å². The molecule has 2 aromatic carbocycles. The Balaban J connectivity index is 1.39. The number of hydrogen-bond donors (Lipinski definition) is 1. The average molecular weight is 498 g/mol. The second kappa shape index (κ2) is 12.4. The first kappa shape index (κ1) is 25.6. The van der Waals surface area contributed by atoms with Crippen molar-refractivity contribution in [3.05, 3.63) is 64.7 Å². The Kier molecular flexibility index (Phi) is 9.08. The van der Waals surface area contributed by atoms with Crippen LogP contribution in [-0.4, -0.2) is 24.1 Å². The van der Waals surface area contributed by atoms with Gasteiger partial charge < -0.3 is 14.8 Å². The Morgan fingerprint density at radius 3 is 2.09 bits per heavy atom. The molecule has 1 N–H and O–H groups in total. The van der Waals surface area contributed by atoms with Crippen LogP contribution in [0.5, 0.6) is 5.75 Å². The second-order valence-corrected chi connectivity index (χ2v) is 10.3. The minimum Gasteiger partial charge on any atom is -0.478 e. The monoisotopic (exact) mass is 497 g/mol. The van der Waals surface area contributed by atoms with E-state index in [0.29, 0.717) is 16.3 Å². The first-order valence-corrected chi connectivity index (χ1v) is 13.4. The summed E-state index contributed by atoms with van der Waals surface area (Å²) >= 11 is 5.91. The molecule has 2 atom stereocenters. The topological polar surface area (TPSA) is 64.6 Å². The molecular formula is C29H36ClNO4. The average Bonchev–Trinajstić information content (AvgIpc) is 2.89. The van der Waals surface area contributed by atoms with Crippen molar-refractivity contribution in [2.45, 2.75) is 89.4 Å². The Hall–Kier alpha value is -2.53. The summed E-state index contributed by atoms with van der Waals surface area (Å²) in [6, 6.07) is 14.3. The standard InChI is InChI=1S/C29H36ClNO4/c1-20(31-28(32)23-12-16-24(30)17-13-23)21-14-18-26(19-15-21)34-27(22-8-4-2-5-9-22)29(33)35-25-10-6-3-7-11-25/h12-20,22,25,27H,2-11H2,1H3,(H,31,32). The van der Waals surface area contributed by atoms with Gasteiger partial charge in [0.25, 0.3) is 5.91 Å². The molecule has 2 aromatic rings. The lowest BCUT2D eigenvalue weighted by atomic mass is 9.85. The molecular weight excluding hydrogens is 462 g/mol. The maximum absolute atomic E-state index is 13.2. The predicted octanol–water partition coefficient (Wildman–Crippen LogP) is 7.03. The molecule has 1 amide bonds. The third-order valence-corrected chi connectivity index (χ3v) is 7.49. The zero-order valence-electron chi connectivity index (χ0n) is 20.5. The van der Waals surface area contributed by atoms with Gasteiger partial charge in [0.1, 0.15) is 11.9 Å². The number of nitrogens with one attached hydrogen (secondary N) is 1. The fraction of sp³-hybridized carbons (Fsp3) is 0.517. The van der Waals surface area contributed by atoms with Gasteiger partial charge in [-0.1, -0.05) is 49.4 Å². The fourth-order valence-corrected chi connectivity index (χ4v) is 5.26. The minimum atomic E-state index is -0.565. The van der Waals surface area contributed by atoms with Crippen LogP contribution in [0.1, 0.15) is 93.1 Å². The highest BCUT2D eigenvalue weighted by Crippen LogP contribution is 2.31. The molecule has 5 nitrogen and oxygen atoms in total. The molecule has 2 fully saturated rings. The van der Waals surface area contributed by atoms with E-state index in [0.717, 1.165) is 56.9 Å². The summed E-state index contributed by atoms with van der Waals surface area (Å²) < 4.78 is 12.2. The Morgan fingerprint density at radius 1 is 0.857 bits per heavy atom. The van der Waals surface area contributed by atoms with Gasteiger partial charge in [-0.2, -0.15) is 0 Å². The lowest BCUT2D eigenvalue weighted by Gasteiger charge is -2.31. The van der Waals surface area contributed by atoms with Crippen LogP contribution in [-0.2, 0) is 9.53 Å². The fourth-order valence-electron chi connectivity index (χ4n) is 5.13. The van der Waals surface area contributed by atoms with Crippen molar-refractivity contribution in [1.82, 2.24) is 5.32 Å². The third-order valence-electron chi connectivity index (χ3n) is 7.24. The number of rotatable bonds is 8. The molecule has 188 valence electrons. The number of carbonyl (C=O) groups excluding carboxylic acids is 2. The van der Waals surface area contributed by atoms with E-state index >= 15 is 0 Å². The van der Waals surface area contributed by atoms with E-state index < -0.39 is 6.10 Å². The second-order valence-electron chi connectivity index (χ2n) is 9.90. The molecule has 4 rings (SSSR count). The molecule has 2 saturated carbocycles. The van der Waals surface area contributed by atoms with Gasteiger partial charge in [-0.3, -0.25) is 4.79 Å². The van der Waals surface area contributed by atoms with E-state index in [2.05, 4.69) is 5.32 Å². The molecule has 0 saturated heterocycles. The van der Waals surface area contributed by atoms with Crippen LogP contribution in [0.3, 0.4) is 0 Å². The van der Waals surface area contributed by atoms with Gasteiger partial charge in [0.2, 0.25) is 0 Å². The quantitative estimate of drug-likeness (QED) is 0.397. The summed E-state index contributed by atoms with van der Waals surface area (Å²) in [6.45, 7) is 1.94. The van der Waals surface area contributed by atoms with Gasteiger partial charge in [0.05, 0.1) is 6.04 Å². The Morgan fingerprint density at radius 2 is 1.46 bits per heavy atom. The lowest BCUT2D eigenvalue weighted by Crippen LogP contribution is -2.40. The number of esters is 1. The number of benzene rings is 2. The van der Waals surface area contributed by atoms with Crippen LogP contribution in [0.15, 0.2) is 48.5 Å². The van der Waals surface area contributed by atoms with E-state index in [9.17, 15) is 9.59 Å². The van der Waals surface area contributed by atoms with Crippen molar-refractivity contribution >= 4 is 23.5 Å². The number of hydrogen-bond acceptors (Lipinski definition) is 4. The summed E-state index contributed by atoms with van der Waals surface area (Å²) in [5, 5.41) is 3.61. The van der Waals surface area contributed by atoms with Crippen molar-refractivity contribution in [3.8, 4) is 5.75 Å². The summed E-state index contributed by atoms with van der Waals surface area (Å²) in [6.07, 6.45) is 10.3. The van der Waals surface area contributed by atoms with Crippen LogP contribution >= 0.6 is 11.6 Å². The zero-order valence-corrected chi connectivity index (χ0v) is 21.3. The van der Waals surface area contributed by atoms with Crippen LogP contribution in [0.2, 0.25) is 5.02 Å². The highest BCUT2D eigenvalue weighted by Gasteiger charge is 2.34. The molecule has 0 radical (unpaired) electrons. The highest BCUT2D eigenvalue weighted by atomic mass is 35.5. The minimum absolute atomic E-state index is 0.0263. The molecule has 0 spiro atoms. The molecule has 35 heavy (non-hydrogen) atoms. The molecule has 6 heteroatoms. The summed E-state index contributed by atoms with van der Waals surface area (Å²) in [4.78, 5) is 25.7. The molecule has 0 heterocycles. The first-order valence-electron chi connectivity index (χ1n) is 13.0. The molecule has 0 aliphatic heterocycles. The van der Waals surface area contributed by atoms with Crippen molar-refractivity contribution in [3.63, 3.8) is 0 Å². The van der Waals surface area contributed by atoms with Crippen LogP contribution in [0, 0.1) is 5.92 Å². The van der Waals surface area contributed by atoms with Gasteiger partial charge in [-0.25, -0.2) is 4.79 Å². The molecule has 0 bridgehead atoms. The number of halogens is 1. The van der Waals surface area contributed by atoms with E-state index in [1.165, 1.54) is 12.8 Å². The van der Waals surface area contributed by atoms with Gasteiger partial charge in [0, 0.05) is 16.5 Å². The van der Waals surface area contributed by atoms with Crippen LogP contribution < -0.4 is 10.1 Å². The summed E-state index contributed by atoms with van der Waals surface area (Å²) in [5.41, 5.74) is 1.52. The van der Waals surface area contributed by atoms with Gasteiger partial charge in [-0.05, 0) is 87.4 Å². The smallest absolute Gasteiger partial charge is 0.347 e. The van der Waals surface area contributed by atoms with E-state index in [1.807, 2.05) is 31.2 Å².